The summed E-state index contributed by atoms with van der Waals surface area (Å²) in [6, 6.07) is 9.31. The molecule has 1 aliphatic rings. The maximum absolute atomic E-state index is 11.8. The lowest BCUT2D eigenvalue weighted by Gasteiger charge is -2.34. The Morgan fingerprint density at radius 3 is 2.67 bits per heavy atom. The summed E-state index contributed by atoms with van der Waals surface area (Å²) in [5.41, 5.74) is 0. The van der Waals surface area contributed by atoms with Crippen LogP contribution in [0, 0.1) is 5.92 Å². The number of ether oxygens (including phenoxy) is 1. The quantitative estimate of drug-likeness (QED) is 0.855. The van der Waals surface area contributed by atoms with Crippen LogP contribution in [0.15, 0.2) is 30.3 Å². The molecule has 0 bridgehead atoms. The monoisotopic (exact) mass is 249 g/mol. The summed E-state index contributed by atoms with van der Waals surface area (Å²) in [6.45, 7) is 0.768. The Morgan fingerprint density at radius 1 is 1.39 bits per heavy atom. The second-order valence-corrected chi connectivity index (χ2v) is 4.87. The van der Waals surface area contributed by atoms with Crippen molar-refractivity contribution in [2.45, 2.75) is 18.9 Å². The van der Waals surface area contributed by atoms with E-state index in [1.165, 1.54) is 0 Å². The van der Waals surface area contributed by atoms with Crippen molar-refractivity contribution in [3.8, 4) is 5.75 Å². The third kappa shape index (κ3) is 3.47. The first-order chi connectivity index (χ1) is 8.65. The third-order valence-corrected chi connectivity index (χ3v) is 3.27. The highest BCUT2D eigenvalue weighted by molar-refractivity contribution is 5.77. The fourth-order valence-corrected chi connectivity index (χ4v) is 2.11. The Kier molecular flexibility index (Phi) is 4.20. The molecule has 0 radical (unpaired) electrons. The summed E-state index contributed by atoms with van der Waals surface area (Å²) < 4.78 is 5.40. The van der Waals surface area contributed by atoms with Gasteiger partial charge in [0.05, 0.1) is 6.10 Å². The molecule has 1 aromatic carbocycles. The number of aliphatic hydroxyl groups excluding tert-OH is 1. The molecule has 1 fully saturated rings. The largest absolute Gasteiger partial charge is 0.484 e. The number of nitrogens with zero attached hydrogens (tertiary/aromatic N) is 1. The van der Waals surface area contributed by atoms with Gasteiger partial charge in [-0.3, -0.25) is 4.79 Å². The van der Waals surface area contributed by atoms with Crippen LogP contribution in [-0.4, -0.2) is 42.2 Å². The van der Waals surface area contributed by atoms with E-state index in [0.717, 1.165) is 12.8 Å². The zero-order chi connectivity index (χ0) is 13.0. The van der Waals surface area contributed by atoms with Crippen LogP contribution in [0.5, 0.6) is 5.75 Å². The average molecular weight is 249 g/mol. The average Bonchev–Trinajstić information content (AvgIpc) is 2.35. The second kappa shape index (κ2) is 5.87. The highest BCUT2D eigenvalue weighted by atomic mass is 16.5. The Bertz CT molecular complexity index is 387. The van der Waals surface area contributed by atoms with Crippen LogP contribution in [0.2, 0.25) is 0 Å². The molecule has 4 nitrogen and oxygen atoms in total. The van der Waals surface area contributed by atoms with Crippen molar-refractivity contribution in [1.29, 1.82) is 0 Å². The van der Waals surface area contributed by atoms with Gasteiger partial charge in [0.2, 0.25) is 0 Å². The van der Waals surface area contributed by atoms with Gasteiger partial charge in [0.1, 0.15) is 5.75 Å². The Balaban J connectivity index is 1.71. The number of aliphatic hydroxyl groups is 1. The zero-order valence-corrected chi connectivity index (χ0v) is 10.6. The molecule has 1 saturated carbocycles. The highest BCUT2D eigenvalue weighted by Crippen LogP contribution is 2.27. The number of hydrogen-bond donors (Lipinski definition) is 1. The van der Waals surface area contributed by atoms with Crippen molar-refractivity contribution in [3.63, 3.8) is 0 Å². The van der Waals surface area contributed by atoms with E-state index in [0.29, 0.717) is 18.2 Å². The van der Waals surface area contributed by atoms with Crippen LogP contribution in [-0.2, 0) is 4.79 Å². The minimum Gasteiger partial charge on any atom is -0.484 e. The van der Waals surface area contributed by atoms with Gasteiger partial charge < -0.3 is 14.7 Å². The highest BCUT2D eigenvalue weighted by Gasteiger charge is 2.29. The SMILES string of the molecule is CN(CC1CC(O)C1)C(=O)COc1ccccc1. The predicted molar refractivity (Wildman–Crippen MR) is 68.3 cm³/mol. The first-order valence-corrected chi connectivity index (χ1v) is 6.25. The molecule has 0 spiro atoms. The fraction of sp³-hybridized carbons (Fsp3) is 0.500. The molecule has 1 amide bonds. The van der Waals surface area contributed by atoms with Crippen molar-refractivity contribution in [1.82, 2.24) is 4.90 Å². The molecule has 0 heterocycles. The lowest BCUT2D eigenvalue weighted by atomic mass is 9.82. The van der Waals surface area contributed by atoms with Crippen LogP contribution in [0.3, 0.4) is 0 Å². The van der Waals surface area contributed by atoms with Gasteiger partial charge in [0.25, 0.3) is 5.91 Å². The minimum absolute atomic E-state index is 0.0276. The lowest BCUT2D eigenvalue weighted by Crippen LogP contribution is -2.41. The number of carbonyl (C=O) groups is 1. The van der Waals surface area contributed by atoms with Gasteiger partial charge in [-0.1, -0.05) is 18.2 Å². The van der Waals surface area contributed by atoms with E-state index in [1.807, 2.05) is 30.3 Å². The fourth-order valence-electron chi connectivity index (χ4n) is 2.11. The van der Waals surface area contributed by atoms with Crippen LogP contribution in [0.25, 0.3) is 0 Å². The van der Waals surface area contributed by atoms with Crippen molar-refractivity contribution < 1.29 is 14.6 Å². The van der Waals surface area contributed by atoms with Crippen LogP contribution in [0.1, 0.15) is 12.8 Å². The first kappa shape index (κ1) is 12.9. The van der Waals surface area contributed by atoms with Crippen molar-refractivity contribution in [2.75, 3.05) is 20.2 Å². The van der Waals surface area contributed by atoms with Crippen molar-refractivity contribution >= 4 is 5.91 Å². The molecule has 18 heavy (non-hydrogen) atoms. The van der Waals surface area contributed by atoms with E-state index in [-0.39, 0.29) is 18.6 Å². The molecular formula is C14H19NO3. The van der Waals surface area contributed by atoms with Crippen LogP contribution < -0.4 is 4.74 Å². The molecule has 1 aliphatic carbocycles. The number of benzene rings is 1. The third-order valence-electron chi connectivity index (χ3n) is 3.27. The summed E-state index contributed by atoms with van der Waals surface area (Å²) in [5, 5.41) is 9.19. The molecule has 1 N–H and O–H groups in total. The van der Waals surface area contributed by atoms with Crippen LogP contribution in [0.4, 0.5) is 0 Å². The zero-order valence-electron chi connectivity index (χ0n) is 10.6. The second-order valence-electron chi connectivity index (χ2n) is 4.87. The van der Waals surface area contributed by atoms with Gasteiger partial charge in [0, 0.05) is 13.6 Å². The molecule has 0 saturated heterocycles. The summed E-state index contributed by atoms with van der Waals surface area (Å²) in [7, 11) is 1.78. The summed E-state index contributed by atoms with van der Waals surface area (Å²) in [5.74, 6) is 1.12. The number of hydrogen-bond acceptors (Lipinski definition) is 3. The predicted octanol–water partition coefficient (Wildman–Crippen LogP) is 1.29. The van der Waals surface area contributed by atoms with Gasteiger partial charge in [-0.05, 0) is 30.9 Å². The maximum Gasteiger partial charge on any atom is 0.260 e. The Morgan fingerprint density at radius 2 is 2.06 bits per heavy atom. The molecule has 0 aliphatic heterocycles. The molecule has 98 valence electrons. The van der Waals surface area contributed by atoms with Crippen molar-refractivity contribution in [2.24, 2.45) is 5.92 Å². The summed E-state index contributed by atoms with van der Waals surface area (Å²) in [4.78, 5) is 13.5. The number of para-hydroxylation sites is 1. The van der Waals surface area contributed by atoms with Gasteiger partial charge in [-0.15, -0.1) is 0 Å². The van der Waals surface area contributed by atoms with Gasteiger partial charge in [-0.2, -0.15) is 0 Å². The minimum atomic E-state index is -0.168. The Hall–Kier alpha value is -1.55. The molecule has 1 aromatic rings. The topological polar surface area (TPSA) is 49.8 Å². The normalized spacial score (nSPS) is 22.1. The first-order valence-electron chi connectivity index (χ1n) is 6.25. The standard InChI is InChI=1S/C14H19NO3/c1-15(9-11-7-12(16)8-11)14(17)10-18-13-5-3-2-4-6-13/h2-6,11-12,16H,7-10H2,1H3. The van der Waals surface area contributed by atoms with Crippen molar-refractivity contribution in [3.05, 3.63) is 30.3 Å². The van der Waals surface area contributed by atoms with E-state index in [1.54, 1.807) is 11.9 Å². The van der Waals surface area contributed by atoms with E-state index in [9.17, 15) is 9.90 Å². The van der Waals surface area contributed by atoms with Crippen LogP contribution >= 0.6 is 0 Å². The van der Waals surface area contributed by atoms with Gasteiger partial charge in [-0.25, -0.2) is 0 Å². The Labute approximate surface area is 107 Å². The van der Waals surface area contributed by atoms with E-state index >= 15 is 0 Å². The van der Waals surface area contributed by atoms with E-state index < -0.39 is 0 Å². The number of rotatable bonds is 5. The summed E-state index contributed by atoms with van der Waals surface area (Å²) in [6.07, 6.45) is 1.44. The summed E-state index contributed by atoms with van der Waals surface area (Å²) >= 11 is 0. The number of carbonyl (C=O) groups excluding carboxylic acids is 1. The number of amides is 1. The lowest BCUT2D eigenvalue weighted by molar-refractivity contribution is -0.133. The number of likely N-dealkylation sites (N-methyl/N-ethyl adjacent to an activating group) is 1. The molecule has 0 unspecified atom stereocenters. The molecule has 4 heteroatoms. The van der Waals surface area contributed by atoms with E-state index in [2.05, 4.69) is 0 Å². The molecule has 2 rings (SSSR count). The van der Waals surface area contributed by atoms with Gasteiger partial charge in [0.15, 0.2) is 6.61 Å². The molecule has 0 atom stereocenters. The smallest absolute Gasteiger partial charge is 0.260 e. The maximum atomic E-state index is 11.8. The van der Waals surface area contributed by atoms with Gasteiger partial charge >= 0.3 is 0 Å². The molecular weight excluding hydrogens is 230 g/mol. The molecule has 0 aromatic heterocycles. The van der Waals surface area contributed by atoms with E-state index in [4.69, 9.17) is 4.74 Å².